The first-order chi connectivity index (χ1) is 11.8. The lowest BCUT2D eigenvalue weighted by atomic mass is 9.89. The number of rotatable bonds is 4. The van der Waals surface area contributed by atoms with Gasteiger partial charge in [-0.15, -0.1) is 0 Å². The highest BCUT2D eigenvalue weighted by atomic mass is 35.5. The number of nitrogens with zero attached hydrogens (tertiary/aromatic N) is 5. The number of halogens is 1. The Bertz CT molecular complexity index is 830. The first kappa shape index (κ1) is 14.6. The Balaban J connectivity index is 1.67. The number of fused-ring (bicyclic) bond motifs is 1. The zero-order chi connectivity index (χ0) is 16.1. The van der Waals surface area contributed by atoms with Crippen LogP contribution in [0.25, 0.3) is 11.2 Å². The standard InChI is InChI=1S/C18H20ClN5/c19-17-22-15(18(8-3-9-21-18)10-12-6-7-12)14-16(23-17)24(11-20-14)13-4-1-2-5-13/h3,8-9,11-13H,1-2,4-7,10H2. The van der Waals surface area contributed by atoms with Crippen molar-refractivity contribution in [3.8, 4) is 0 Å². The summed E-state index contributed by atoms with van der Waals surface area (Å²) in [6.07, 6.45) is 16.4. The van der Waals surface area contributed by atoms with E-state index in [9.17, 15) is 0 Å². The first-order valence-electron chi connectivity index (χ1n) is 8.89. The SMILES string of the molecule is Clc1nc(C2(CC3CC3)C=CC=N2)c2ncn(C3CCCC3)c2n1. The molecule has 0 radical (unpaired) electrons. The molecular formula is C18H20ClN5. The molecule has 0 bridgehead atoms. The number of hydrogen-bond acceptors (Lipinski definition) is 4. The van der Waals surface area contributed by atoms with Crippen molar-refractivity contribution in [2.24, 2.45) is 10.9 Å². The highest BCUT2D eigenvalue weighted by Crippen LogP contribution is 2.46. The molecule has 5 rings (SSSR count). The van der Waals surface area contributed by atoms with Crippen molar-refractivity contribution in [3.05, 3.63) is 29.5 Å². The Morgan fingerprint density at radius 2 is 2.00 bits per heavy atom. The molecule has 0 aromatic carbocycles. The van der Waals surface area contributed by atoms with Crippen LogP contribution in [-0.2, 0) is 5.54 Å². The average molecular weight is 342 g/mol. The van der Waals surface area contributed by atoms with Gasteiger partial charge in [-0.05, 0) is 48.9 Å². The van der Waals surface area contributed by atoms with Gasteiger partial charge in [0.25, 0.3) is 0 Å². The van der Waals surface area contributed by atoms with E-state index in [-0.39, 0.29) is 0 Å². The van der Waals surface area contributed by atoms with Gasteiger partial charge in [0.2, 0.25) is 5.28 Å². The predicted molar refractivity (Wildman–Crippen MR) is 94.5 cm³/mol. The summed E-state index contributed by atoms with van der Waals surface area (Å²) in [5, 5.41) is 0.294. The van der Waals surface area contributed by atoms with Crippen LogP contribution in [0.3, 0.4) is 0 Å². The van der Waals surface area contributed by atoms with E-state index in [4.69, 9.17) is 21.6 Å². The Morgan fingerprint density at radius 1 is 1.17 bits per heavy atom. The molecule has 1 unspecified atom stereocenters. The summed E-state index contributed by atoms with van der Waals surface area (Å²) in [5.41, 5.74) is 2.17. The van der Waals surface area contributed by atoms with Crippen molar-refractivity contribution in [3.63, 3.8) is 0 Å². The van der Waals surface area contributed by atoms with Gasteiger partial charge in [0.05, 0.1) is 6.33 Å². The van der Waals surface area contributed by atoms with E-state index in [0.717, 1.165) is 29.2 Å². The average Bonchev–Trinajstić information content (AvgIpc) is 3.01. The minimum absolute atomic E-state index is 0.294. The third-order valence-corrected chi connectivity index (χ3v) is 5.75. The third kappa shape index (κ3) is 2.29. The summed E-state index contributed by atoms with van der Waals surface area (Å²) in [6, 6.07) is 0.482. The first-order valence-corrected chi connectivity index (χ1v) is 9.27. The lowest BCUT2D eigenvalue weighted by Crippen LogP contribution is -2.23. The normalized spacial score (nSPS) is 26.9. The van der Waals surface area contributed by atoms with Gasteiger partial charge in [0.15, 0.2) is 5.65 Å². The molecule has 0 N–H and O–H groups in total. The largest absolute Gasteiger partial charge is 0.312 e. The Hall–Kier alpha value is -1.75. The molecule has 2 saturated carbocycles. The minimum atomic E-state index is -0.416. The summed E-state index contributed by atoms with van der Waals surface area (Å²) >= 11 is 6.31. The Kier molecular flexibility index (Phi) is 3.27. The monoisotopic (exact) mass is 341 g/mol. The lowest BCUT2D eigenvalue weighted by Gasteiger charge is -2.24. The molecule has 6 heteroatoms. The van der Waals surface area contributed by atoms with Crippen LogP contribution in [0.15, 0.2) is 23.5 Å². The highest BCUT2D eigenvalue weighted by molar-refractivity contribution is 6.28. The Morgan fingerprint density at radius 3 is 2.71 bits per heavy atom. The minimum Gasteiger partial charge on any atom is -0.312 e. The van der Waals surface area contributed by atoms with E-state index in [0.29, 0.717) is 11.3 Å². The molecule has 5 nitrogen and oxygen atoms in total. The van der Waals surface area contributed by atoms with Crippen LogP contribution < -0.4 is 0 Å². The quantitative estimate of drug-likeness (QED) is 0.782. The van der Waals surface area contributed by atoms with Gasteiger partial charge in [0.1, 0.15) is 16.7 Å². The number of aliphatic imine (C=N–C) groups is 1. The van der Waals surface area contributed by atoms with Crippen LogP contribution in [0, 0.1) is 5.92 Å². The topological polar surface area (TPSA) is 56.0 Å². The van der Waals surface area contributed by atoms with Crippen LogP contribution in [0.2, 0.25) is 5.28 Å². The number of imidazole rings is 1. The molecule has 24 heavy (non-hydrogen) atoms. The van der Waals surface area contributed by atoms with Crippen LogP contribution in [0.1, 0.15) is 56.7 Å². The molecule has 3 aliphatic rings. The van der Waals surface area contributed by atoms with Gasteiger partial charge >= 0.3 is 0 Å². The van der Waals surface area contributed by atoms with Crippen molar-refractivity contribution in [1.29, 1.82) is 0 Å². The van der Waals surface area contributed by atoms with Crippen molar-refractivity contribution >= 4 is 29.0 Å². The van der Waals surface area contributed by atoms with Crippen LogP contribution >= 0.6 is 11.6 Å². The number of hydrogen-bond donors (Lipinski definition) is 0. The van der Waals surface area contributed by atoms with E-state index in [2.05, 4.69) is 20.6 Å². The van der Waals surface area contributed by atoms with Gasteiger partial charge in [-0.3, -0.25) is 4.99 Å². The van der Waals surface area contributed by atoms with Crippen LogP contribution in [0.5, 0.6) is 0 Å². The van der Waals surface area contributed by atoms with Crippen molar-refractivity contribution in [1.82, 2.24) is 19.5 Å². The van der Waals surface area contributed by atoms with E-state index in [1.165, 1.54) is 38.5 Å². The summed E-state index contributed by atoms with van der Waals surface area (Å²) in [7, 11) is 0. The third-order valence-electron chi connectivity index (χ3n) is 5.58. The molecule has 2 aromatic heterocycles. The second kappa shape index (κ2) is 5.38. The molecular weight excluding hydrogens is 322 g/mol. The van der Waals surface area contributed by atoms with E-state index >= 15 is 0 Å². The van der Waals surface area contributed by atoms with Crippen LogP contribution in [0.4, 0.5) is 0 Å². The van der Waals surface area contributed by atoms with Gasteiger partial charge in [0, 0.05) is 12.3 Å². The smallest absolute Gasteiger partial charge is 0.224 e. The fourth-order valence-corrected chi connectivity index (χ4v) is 4.35. The second-order valence-corrected chi connectivity index (χ2v) is 7.65. The molecule has 0 saturated heterocycles. The molecule has 0 spiro atoms. The summed E-state index contributed by atoms with van der Waals surface area (Å²) in [6.45, 7) is 0. The van der Waals surface area contributed by atoms with Gasteiger partial charge in [-0.25, -0.2) is 9.97 Å². The molecule has 1 aliphatic heterocycles. The molecule has 2 aromatic rings. The maximum absolute atomic E-state index is 6.31. The molecule has 0 amide bonds. The van der Waals surface area contributed by atoms with E-state index in [1.54, 1.807) is 0 Å². The second-order valence-electron chi connectivity index (χ2n) is 7.31. The lowest BCUT2D eigenvalue weighted by molar-refractivity contribution is 0.477. The molecule has 3 heterocycles. The maximum atomic E-state index is 6.31. The number of aromatic nitrogens is 4. The fraction of sp³-hybridized carbons (Fsp3) is 0.556. The van der Waals surface area contributed by atoms with Crippen molar-refractivity contribution in [2.45, 2.75) is 56.5 Å². The summed E-state index contributed by atoms with van der Waals surface area (Å²) < 4.78 is 2.20. The predicted octanol–water partition coefficient (Wildman–Crippen LogP) is 4.23. The van der Waals surface area contributed by atoms with E-state index in [1.807, 2.05) is 18.6 Å². The number of allylic oxidation sites excluding steroid dienone is 1. The molecule has 2 fully saturated rings. The molecule has 124 valence electrons. The van der Waals surface area contributed by atoms with E-state index < -0.39 is 5.54 Å². The fourth-order valence-electron chi connectivity index (χ4n) is 4.18. The van der Waals surface area contributed by atoms with Crippen LogP contribution in [-0.4, -0.2) is 25.7 Å². The molecule has 1 atom stereocenters. The van der Waals surface area contributed by atoms with Crippen molar-refractivity contribution in [2.75, 3.05) is 0 Å². The zero-order valence-corrected chi connectivity index (χ0v) is 14.3. The zero-order valence-electron chi connectivity index (χ0n) is 13.5. The summed E-state index contributed by atoms with van der Waals surface area (Å²) in [4.78, 5) is 18.6. The Labute approximate surface area is 145 Å². The maximum Gasteiger partial charge on any atom is 0.224 e. The van der Waals surface area contributed by atoms with Gasteiger partial charge in [-0.1, -0.05) is 25.7 Å². The summed E-state index contributed by atoms with van der Waals surface area (Å²) in [5.74, 6) is 0.727. The molecule has 2 aliphatic carbocycles. The van der Waals surface area contributed by atoms with Gasteiger partial charge in [-0.2, -0.15) is 4.98 Å². The highest BCUT2D eigenvalue weighted by Gasteiger charge is 2.41. The van der Waals surface area contributed by atoms with Crippen molar-refractivity contribution < 1.29 is 0 Å². The van der Waals surface area contributed by atoms with Gasteiger partial charge < -0.3 is 4.57 Å².